The molecule has 3 aromatic carbocycles. The molecule has 0 aromatic heterocycles. The van der Waals surface area contributed by atoms with Crippen molar-refractivity contribution in [2.75, 3.05) is 14.1 Å². The average Bonchev–Trinajstić information content (AvgIpc) is 2.62. The summed E-state index contributed by atoms with van der Waals surface area (Å²) in [6.07, 6.45) is 0. The Hall–Kier alpha value is -2.78. The van der Waals surface area contributed by atoms with Crippen LogP contribution in [0.1, 0.15) is 0 Å². The number of nitrogens with zero attached hydrogens (tertiary/aromatic N) is 3. The molecule has 0 atom stereocenters. The first-order valence-corrected chi connectivity index (χ1v) is 7.64. The zero-order chi connectivity index (χ0) is 16.1. The van der Waals surface area contributed by atoms with E-state index in [2.05, 4.69) is 54.7 Å². The van der Waals surface area contributed by atoms with Crippen molar-refractivity contribution >= 4 is 22.7 Å². The topological polar surface area (TPSA) is 24.7 Å². The summed E-state index contributed by atoms with van der Waals surface area (Å²) in [6, 6.07) is 28.3. The smallest absolute Gasteiger partial charge is 0.165 e. The van der Waals surface area contributed by atoms with Gasteiger partial charge >= 0.3 is 0 Å². The van der Waals surface area contributed by atoms with Gasteiger partial charge in [-0.2, -0.15) is 5.11 Å². The van der Waals surface area contributed by atoms with Gasteiger partial charge in [-0.05, 0) is 30.3 Å². The van der Waals surface area contributed by atoms with Crippen molar-refractivity contribution in [1.82, 2.24) is 4.48 Å². The quantitative estimate of drug-likeness (QED) is 0.417. The summed E-state index contributed by atoms with van der Waals surface area (Å²) in [5.74, 6) is 0. The number of quaternary nitrogens is 1. The van der Waals surface area contributed by atoms with Crippen LogP contribution in [0, 0.1) is 0 Å². The summed E-state index contributed by atoms with van der Waals surface area (Å²) in [5, 5.41) is 8.84. The highest BCUT2D eigenvalue weighted by molar-refractivity contribution is 5.69. The van der Waals surface area contributed by atoms with Gasteiger partial charge in [0, 0.05) is 6.07 Å². The standard InChI is InChI=1S/C20H20N3/c1-23(2,18-13-7-4-8-14-18)20-16-10-9-15-19(20)22-21-17-11-5-3-6-12-17/h3-16H,1-2H3/q+1. The largest absolute Gasteiger partial charge is 0.262 e. The Morgan fingerprint density at radius 1 is 0.609 bits per heavy atom. The molecule has 3 nitrogen and oxygen atoms in total. The number of azo groups is 1. The van der Waals surface area contributed by atoms with E-state index in [4.69, 9.17) is 0 Å². The molecule has 114 valence electrons. The fourth-order valence-corrected chi connectivity index (χ4v) is 2.57. The molecular weight excluding hydrogens is 282 g/mol. The maximum absolute atomic E-state index is 4.48. The fourth-order valence-electron chi connectivity index (χ4n) is 2.57. The van der Waals surface area contributed by atoms with Crippen LogP contribution in [0.2, 0.25) is 0 Å². The zero-order valence-corrected chi connectivity index (χ0v) is 13.4. The Morgan fingerprint density at radius 2 is 1.17 bits per heavy atom. The number of rotatable bonds is 4. The minimum absolute atomic E-state index is 0.616. The van der Waals surface area contributed by atoms with Crippen LogP contribution in [-0.2, 0) is 0 Å². The number of benzene rings is 3. The Morgan fingerprint density at radius 3 is 1.87 bits per heavy atom. The maximum atomic E-state index is 4.48. The average molecular weight is 302 g/mol. The molecule has 0 radical (unpaired) electrons. The van der Waals surface area contributed by atoms with Gasteiger partial charge in [0.05, 0.1) is 19.8 Å². The first kappa shape index (κ1) is 15.1. The van der Waals surface area contributed by atoms with Crippen molar-refractivity contribution < 1.29 is 0 Å². The van der Waals surface area contributed by atoms with Gasteiger partial charge < -0.3 is 0 Å². The van der Waals surface area contributed by atoms with E-state index >= 15 is 0 Å². The van der Waals surface area contributed by atoms with Gasteiger partial charge in [0.25, 0.3) is 0 Å². The molecule has 0 bridgehead atoms. The van der Waals surface area contributed by atoms with Crippen molar-refractivity contribution in [3.8, 4) is 0 Å². The van der Waals surface area contributed by atoms with E-state index in [0.29, 0.717) is 4.48 Å². The number of hydrogen-bond donors (Lipinski definition) is 0. The van der Waals surface area contributed by atoms with Crippen LogP contribution >= 0.6 is 0 Å². The number of hydrogen-bond acceptors (Lipinski definition) is 2. The van der Waals surface area contributed by atoms with Crippen molar-refractivity contribution in [3.63, 3.8) is 0 Å². The van der Waals surface area contributed by atoms with Crippen LogP contribution in [-0.4, -0.2) is 14.1 Å². The van der Waals surface area contributed by atoms with Gasteiger partial charge in [0.1, 0.15) is 11.4 Å². The second kappa shape index (κ2) is 6.55. The summed E-state index contributed by atoms with van der Waals surface area (Å²) >= 11 is 0. The molecule has 0 saturated carbocycles. The fraction of sp³-hybridized carbons (Fsp3) is 0.100. The van der Waals surface area contributed by atoms with Crippen molar-refractivity contribution in [1.29, 1.82) is 0 Å². The summed E-state index contributed by atoms with van der Waals surface area (Å²) < 4.78 is 0.616. The van der Waals surface area contributed by atoms with Crippen LogP contribution < -0.4 is 4.48 Å². The monoisotopic (exact) mass is 302 g/mol. The van der Waals surface area contributed by atoms with Crippen LogP contribution in [0.3, 0.4) is 0 Å². The van der Waals surface area contributed by atoms with E-state index in [-0.39, 0.29) is 0 Å². The highest BCUT2D eigenvalue weighted by atomic mass is 15.3. The molecule has 3 aromatic rings. The summed E-state index contributed by atoms with van der Waals surface area (Å²) in [4.78, 5) is 0. The number of para-hydroxylation sites is 2. The minimum Gasteiger partial charge on any atom is -0.262 e. The molecule has 0 amide bonds. The molecule has 0 N–H and O–H groups in total. The van der Waals surface area contributed by atoms with Crippen molar-refractivity contribution in [2.45, 2.75) is 0 Å². The molecule has 3 rings (SSSR count). The van der Waals surface area contributed by atoms with Crippen LogP contribution in [0.15, 0.2) is 95.2 Å². The second-order valence-corrected chi connectivity index (χ2v) is 5.81. The van der Waals surface area contributed by atoms with E-state index in [9.17, 15) is 0 Å². The third-order valence-electron chi connectivity index (χ3n) is 3.92. The summed E-state index contributed by atoms with van der Waals surface area (Å²) in [6.45, 7) is 0. The highest BCUT2D eigenvalue weighted by Crippen LogP contribution is 2.38. The van der Waals surface area contributed by atoms with E-state index < -0.39 is 0 Å². The van der Waals surface area contributed by atoms with Crippen LogP contribution in [0.5, 0.6) is 0 Å². The second-order valence-electron chi connectivity index (χ2n) is 5.81. The van der Waals surface area contributed by atoms with Gasteiger partial charge in [0.15, 0.2) is 5.69 Å². The molecule has 23 heavy (non-hydrogen) atoms. The van der Waals surface area contributed by atoms with E-state index in [1.807, 2.05) is 54.6 Å². The lowest BCUT2D eigenvalue weighted by molar-refractivity contribution is 0.555. The van der Waals surface area contributed by atoms with E-state index in [1.54, 1.807) is 0 Å². The molecule has 0 spiro atoms. The lowest BCUT2D eigenvalue weighted by Gasteiger charge is -2.29. The van der Waals surface area contributed by atoms with Crippen molar-refractivity contribution in [3.05, 3.63) is 84.9 Å². The Labute approximate surface area is 137 Å². The van der Waals surface area contributed by atoms with Gasteiger partial charge in [-0.25, -0.2) is 0 Å². The van der Waals surface area contributed by atoms with Crippen LogP contribution in [0.25, 0.3) is 0 Å². The highest BCUT2D eigenvalue weighted by Gasteiger charge is 2.25. The predicted molar refractivity (Wildman–Crippen MR) is 96.8 cm³/mol. The minimum atomic E-state index is 0.616. The maximum Gasteiger partial charge on any atom is 0.165 e. The Bertz CT molecular complexity index is 793. The Balaban J connectivity index is 2.00. The van der Waals surface area contributed by atoms with Gasteiger partial charge in [-0.1, -0.05) is 48.5 Å². The first-order valence-electron chi connectivity index (χ1n) is 7.64. The summed E-state index contributed by atoms with van der Waals surface area (Å²) in [5.41, 5.74) is 4.05. The molecule has 0 saturated heterocycles. The van der Waals surface area contributed by atoms with E-state index in [0.717, 1.165) is 17.1 Å². The SMILES string of the molecule is C[N+](C)(c1ccccc1)c1ccccc1N=Nc1ccccc1. The van der Waals surface area contributed by atoms with Gasteiger partial charge in [-0.15, -0.1) is 5.11 Å². The lowest BCUT2D eigenvalue weighted by Crippen LogP contribution is -2.34. The third-order valence-corrected chi connectivity index (χ3v) is 3.92. The molecular formula is C20H20N3+. The molecule has 0 fully saturated rings. The normalized spacial score (nSPS) is 11.7. The Kier molecular flexibility index (Phi) is 4.31. The van der Waals surface area contributed by atoms with Crippen molar-refractivity contribution in [2.24, 2.45) is 10.2 Å². The van der Waals surface area contributed by atoms with Crippen LogP contribution in [0.4, 0.5) is 22.7 Å². The first-order chi connectivity index (χ1) is 11.2. The molecule has 0 aliphatic carbocycles. The van der Waals surface area contributed by atoms with E-state index in [1.165, 1.54) is 5.69 Å². The predicted octanol–water partition coefficient (Wildman–Crippen LogP) is 6.00. The lowest BCUT2D eigenvalue weighted by atomic mass is 10.2. The summed E-state index contributed by atoms with van der Waals surface area (Å²) in [7, 11) is 4.32. The zero-order valence-electron chi connectivity index (χ0n) is 13.4. The third kappa shape index (κ3) is 3.35. The van der Waals surface area contributed by atoms with Gasteiger partial charge in [0.2, 0.25) is 0 Å². The molecule has 0 aliphatic rings. The van der Waals surface area contributed by atoms with Gasteiger partial charge in [-0.3, -0.25) is 4.48 Å². The molecule has 0 unspecified atom stereocenters. The molecule has 0 heterocycles. The molecule has 0 aliphatic heterocycles. The molecule has 3 heteroatoms.